The predicted molar refractivity (Wildman–Crippen MR) is 142 cm³/mol. The third-order valence-corrected chi connectivity index (χ3v) is 7.39. The fraction of sp³-hybridized carbons (Fsp3) is 0.379. The van der Waals surface area contributed by atoms with Crippen molar-refractivity contribution in [3.63, 3.8) is 0 Å². The Balaban J connectivity index is 1.29. The molecule has 1 aliphatic heterocycles. The second-order valence-electron chi connectivity index (χ2n) is 10.7. The number of likely N-dealkylation sites (tertiary alicyclic amines) is 1. The van der Waals surface area contributed by atoms with Crippen LogP contribution in [-0.4, -0.2) is 66.4 Å². The van der Waals surface area contributed by atoms with E-state index in [4.69, 9.17) is 0 Å². The first kappa shape index (κ1) is 26.8. The first-order chi connectivity index (χ1) is 18.6. The number of aliphatic hydroxyl groups is 1. The molecule has 4 heterocycles. The summed E-state index contributed by atoms with van der Waals surface area (Å²) in [6.45, 7) is 5.37. The zero-order chi connectivity index (χ0) is 27.7. The average Bonchev–Trinajstić information content (AvgIpc) is 3.35. The molecule has 1 aromatic carbocycles. The van der Waals surface area contributed by atoms with Crippen LogP contribution in [0.25, 0.3) is 5.52 Å². The summed E-state index contributed by atoms with van der Waals surface area (Å²) in [6, 6.07) is 10.4. The average molecular weight is 535 g/mol. The molecule has 10 heteroatoms. The number of benzene rings is 1. The number of nitrogens with zero attached hydrogens (tertiary/aromatic N) is 6. The molecule has 5 rings (SSSR count). The van der Waals surface area contributed by atoms with Gasteiger partial charge >= 0.3 is 0 Å². The van der Waals surface area contributed by atoms with Crippen molar-refractivity contribution in [2.45, 2.75) is 50.8 Å². The molecule has 1 saturated heterocycles. The number of likely N-dealkylation sites (N-methyl/N-ethyl adjacent to an activating group) is 1. The van der Waals surface area contributed by atoms with E-state index in [0.29, 0.717) is 17.2 Å². The molecule has 39 heavy (non-hydrogen) atoms. The maximum Gasteiger partial charge on any atom is 0.254 e. The van der Waals surface area contributed by atoms with Crippen LogP contribution in [0.3, 0.4) is 0 Å². The molecule has 0 radical (unpaired) electrons. The van der Waals surface area contributed by atoms with Crippen LogP contribution in [0.15, 0.2) is 61.1 Å². The standard InChI is InChI=1S/C29H32F2N6O2/c1-29(2,39)28(38)35(3)27(21-7-8-23(30)24(31)15-21)25-9-6-19(16-32-25)18-36-13-10-20(11-14-36)22-17-34-37-26(22)5-4-12-33-37/h4-9,12,15-17,20,27,39H,10-11,13-14,18H2,1-3H3/t27-/m0/s1. The van der Waals surface area contributed by atoms with Gasteiger partial charge in [0.25, 0.3) is 5.91 Å². The number of fused-ring (bicyclic) bond motifs is 1. The van der Waals surface area contributed by atoms with Gasteiger partial charge in [0, 0.05) is 31.5 Å². The minimum Gasteiger partial charge on any atom is -0.381 e. The van der Waals surface area contributed by atoms with E-state index in [0.717, 1.165) is 55.7 Å². The molecule has 1 atom stereocenters. The van der Waals surface area contributed by atoms with E-state index >= 15 is 0 Å². The van der Waals surface area contributed by atoms with E-state index in [1.54, 1.807) is 23.1 Å². The van der Waals surface area contributed by atoms with Crippen molar-refractivity contribution >= 4 is 11.4 Å². The highest BCUT2D eigenvalue weighted by Gasteiger charge is 2.34. The minimum absolute atomic E-state index is 0.360. The van der Waals surface area contributed by atoms with Crippen molar-refractivity contribution in [3.8, 4) is 0 Å². The zero-order valence-electron chi connectivity index (χ0n) is 22.3. The fourth-order valence-electron chi connectivity index (χ4n) is 5.34. The van der Waals surface area contributed by atoms with Gasteiger partial charge in [0.2, 0.25) is 0 Å². The number of piperidine rings is 1. The Morgan fingerprint density at radius 1 is 1.10 bits per heavy atom. The van der Waals surface area contributed by atoms with Gasteiger partial charge in [-0.05, 0) is 87.2 Å². The van der Waals surface area contributed by atoms with Crippen LogP contribution in [-0.2, 0) is 11.3 Å². The van der Waals surface area contributed by atoms with Gasteiger partial charge in [-0.15, -0.1) is 0 Å². The quantitative estimate of drug-likeness (QED) is 0.384. The lowest BCUT2D eigenvalue weighted by atomic mass is 9.90. The van der Waals surface area contributed by atoms with Crippen LogP contribution in [0.2, 0.25) is 0 Å². The first-order valence-electron chi connectivity index (χ1n) is 13.0. The summed E-state index contributed by atoms with van der Waals surface area (Å²) in [5, 5.41) is 18.9. The maximum atomic E-state index is 14.1. The largest absolute Gasteiger partial charge is 0.381 e. The number of hydrogen-bond acceptors (Lipinski definition) is 6. The van der Waals surface area contributed by atoms with E-state index in [1.807, 2.05) is 18.3 Å². The summed E-state index contributed by atoms with van der Waals surface area (Å²) >= 11 is 0. The van der Waals surface area contributed by atoms with Gasteiger partial charge in [-0.3, -0.25) is 14.7 Å². The highest BCUT2D eigenvalue weighted by atomic mass is 19.2. The molecule has 3 aromatic heterocycles. The summed E-state index contributed by atoms with van der Waals surface area (Å²) in [4.78, 5) is 21.2. The third-order valence-electron chi connectivity index (χ3n) is 7.39. The van der Waals surface area contributed by atoms with E-state index in [-0.39, 0.29) is 0 Å². The maximum absolute atomic E-state index is 14.1. The molecule has 0 spiro atoms. The Bertz CT molecular complexity index is 1460. The van der Waals surface area contributed by atoms with Gasteiger partial charge in [0.05, 0.1) is 23.4 Å². The summed E-state index contributed by atoms with van der Waals surface area (Å²) in [5.74, 6) is -2.11. The van der Waals surface area contributed by atoms with Crippen molar-refractivity contribution < 1.29 is 18.7 Å². The van der Waals surface area contributed by atoms with Crippen LogP contribution < -0.4 is 0 Å². The SMILES string of the molecule is CN(C(=O)C(C)(C)O)[C@@H](c1ccc(F)c(F)c1)c1ccc(CN2CCC(c3cnn4ncccc34)CC2)cn1. The second-order valence-corrected chi connectivity index (χ2v) is 10.7. The highest BCUT2D eigenvalue weighted by molar-refractivity contribution is 5.84. The number of carbonyl (C=O) groups excluding carboxylic acids is 1. The molecular weight excluding hydrogens is 502 g/mol. The molecule has 0 bridgehead atoms. The zero-order valence-corrected chi connectivity index (χ0v) is 22.3. The molecule has 4 aromatic rings. The number of aromatic nitrogens is 4. The second kappa shape index (κ2) is 10.8. The lowest BCUT2D eigenvalue weighted by molar-refractivity contribution is -0.148. The Morgan fingerprint density at radius 3 is 2.54 bits per heavy atom. The van der Waals surface area contributed by atoms with Gasteiger partial charge in [-0.25, -0.2) is 8.78 Å². The fourth-order valence-corrected chi connectivity index (χ4v) is 5.34. The molecule has 0 aliphatic carbocycles. The number of pyridine rings is 1. The minimum atomic E-state index is -1.64. The predicted octanol–water partition coefficient (Wildman–Crippen LogP) is 4.10. The van der Waals surface area contributed by atoms with E-state index in [9.17, 15) is 18.7 Å². The van der Waals surface area contributed by atoms with Crippen molar-refractivity contribution in [1.29, 1.82) is 0 Å². The van der Waals surface area contributed by atoms with Crippen LogP contribution in [0.1, 0.15) is 61.0 Å². The van der Waals surface area contributed by atoms with Gasteiger partial charge < -0.3 is 10.0 Å². The molecular formula is C29H32F2N6O2. The molecule has 8 nitrogen and oxygen atoms in total. The van der Waals surface area contributed by atoms with Crippen molar-refractivity contribution in [2.75, 3.05) is 20.1 Å². The first-order valence-corrected chi connectivity index (χ1v) is 13.0. The number of amides is 1. The molecule has 0 saturated carbocycles. The summed E-state index contributed by atoms with van der Waals surface area (Å²) in [7, 11) is 1.52. The van der Waals surface area contributed by atoms with Crippen molar-refractivity contribution in [1.82, 2.24) is 29.6 Å². The monoisotopic (exact) mass is 534 g/mol. The van der Waals surface area contributed by atoms with Crippen LogP contribution in [0.5, 0.6) is 0 Å². The topological polar surface area (TPSA) is 86.9 Å². The smallest absolute Gasteiger partial charge is 0.254 e. The van der Waals surface area contributed by atoms with Crippen LogP contribution >= 0.6 is 0 Å². The molecule has 204 valence electrons. The van der Waals surface area contributed by atoms with E-state index in [1.165, 1.54) is 37.4 Å². The van der Waals surface area contributed by atoms with Crippen molar-refractivity contribution in [3.05, 3.63) is 95.1 Å². The highest BCUT2D eigenvalue weighted by Crippen LogP contribution is 2.32. The molecule has 1 aliphatic rings. The Kier molecular flexibility index (Phi) is 7.42. The molecule has 1 amide bonds. The van der Waals surface area contributed by atoms with Gasteiger partial charge in [0.15, 0.2) is 11.6 Å². The summed E-state index contributed by atoms with van der Waals surface area (Å²) in [6.07, 6.45) is 7.45. The van der Waals surface area contributed by atoms with E-state index in [2.05, 4.69) is 26.1 Å². The van der Waals surface area contributed by atoms with Crippen LogP contribution in [0, 0.1) is 11.6 Å². The summed E-state index contributed by atoms with van der Waals surface area (Å²) in [5.41, 5.74) is 2.51. The molecule has 1 fully saturated rings. The lowest BCUT2D eigenvalue weighted by Gasteiger charge is -2.33. The Morgan fingerprint density at radius 2 is 1.87 bits per heavy atom. The number of halogens is 2. The molecule has 0 unspecified atom stereocenters. The Hall–Kier alpha value is -3.76. The summed E-state index contributed by atoms with van der Waals surface area (Å²) < 4.78 is 29.4. The Labute approximate surface area is 225 Å². The number of rotatable bonds is 7. The molecule has 1 N–H and O–H groups in total. The lowest BCUT2D eigenvalue weighted by Crippen LogP contribution is -2.45. The van der Waals surface area contributed by atoms with E-state index < -0.39 is 29.2 Å². The van der Waals surface area contributed by atoms with Crippen LogP contribution in [0.4, 0.5) is 8.78 Å². The number of carbonyl (C=O) groups is 1. The number of hydrogen-bond donors (Lipinski definition) is 1. The third kappa shape index (κ3) is 5.67. The van der Waals surface area contributed by atoms with Gasteiger partial charge in [-0.2, -0.15) is 14.8 Å². The van der Waals surface area contributed by atoms with Gasteiger partial charge in [0.1, 0.15) is 5.60 Å². The van der Waals surface area contributed by atoms with Gasteiger partial charge in [-0.1, -0.05) is 12.1 Å². The van der Waals surface area contributed by atoms with Crippen molar-refractivity contribution in [2.24, 2.45) is 0 Å². The normalized spacial score (nSPS) is 15.9.